The minimum Gasteiger partial charge on any atom is -0.348 e. The van der Waals surface area contributed by atoms with E-state index in [0.29, 0.717) is 6.54 Å². The van der Waals surface area contributed by atoms with Crippen molar-refractivity contribution in [2.75, 3.05) is 6.54 Å². The maximum atomic E-state index is 12.1. The monoisotopic (exact) mass is 259 g/mol. The molecule has 0 bridgehead atoms. The lowest BCUT2D eigenvalue weighted by molar-refractivity contribution is 0.0961. The summed E-state index contributed by atoms with van der Waals surface area (Å²) >= 11 is 1.58. The predicted molar refractivity (Wildman–Crippen MR) is 78.4 cm³/mol. The molecule has 0 aliphatic rings. The van der Waals surface area contributed by atoms with Gasteiger partial charge >= 0.3 is 0 Å². The van der Waals surface area contributed by atoms with Gasteiger partial charge in [0, 0.05) is 11.2 Å². The van der Waals surface area contributed by atoms with Gasteiger partial charge in [-0.25, -0.2) is 0 Å². The molecule has 1 aromatic heterocycles. The van der Waals surface area contributed by atoms with Crippen LogP contribution in [0.25, 0.3) is 10.1 Å². The fraction of sp³-hybridized carbons (Fsp3) is 0.267. The summed E-state index contributed by atoms with van der Waals surface area (Å²) < 4.78 is 1.18. The van der Waals surface area contributed by atoms with Gasteiger partial charge in [0.1, 0.15) is 0 Å². The van der Waals surface area contributed by atoms with Crippen LogP contribution < -0.4 is 5.32 Å². The molecule has 0 fully saturated rings. The van der Waals surface area contributed by atoms with Crippen LogP contribution in [-0.2, 0) is 6.42 Å². The van der Waals surface area contributed by atoms with E-state index in [9.17, 15) is 4.79 Å². The Kier molecular flexibility index (Phi) is 4.15. The van der Waals surface area contributed by atoms with Crippen molar-refractivity contribution in [1.29, 1.82) is 0 Å². The molecule has 3 heteroatoms. The first-order valence-corrected chi connectivity index (χ1v) is 6.99. The van der Waals surface area contributed by atoms with Gasteiger partial charge < -0.3 is 5.32 Å². The summed E-state index contributed by atoms with van der Waals surface area (Å²) in [4.78, 5) is 13.0. The highest BCUT2D eigenvalue weighted by molar-refractivity contribution is 7.21. The zero-order chi connectivity index (χ0) is 13.0. The molecule has 2 aromatic rings. The fourth-order valence-corrected chi connectivity index (χ4v) is 3.19. The van der Waals surface area contributed by atoms with Crippen molar-refractivity contribution in [3.05, 3.63) is 47.4 Å². The lowest BCUT2D eigenvalue weighted by atomic mass is 10.1. The van der Waals surface area contributed by atoms with Crippen molar-refractivity contribution < 1.29 is 4.79 Å². The maximum absolute atomic E-state index is 12.1. The number of hydrogen-bond donors (Lipinski definition) is 1. The van der Waals surface area contributed by atoms with E-state index in [1.807, 2.05) is 12.1 Å². The molecule has 2 rings (SSSR count). The SMILES string of the molecule is C=CCNC(=O)c1sc2ccccc2c1CCC. The second-order valence-electron chi connectivity index (χ2n) is 4.15. The summed E-state index contributed by atoms with van der Waals surface area (Å²) in [5.74, 6) is 0.0135. The molecule has 0 aliphatic heterocycles. The first-order chi connectivity index (χ1) is 8.77. The molecule has 1 heterocycles. The molecule has 0 aliphatic carbocycles. The van der Waals surface area contributed by atoms with E-state index in [1.165, 1.54) is 15.6 Å². The Morgan fingerprint density at radius 3 is 2.94 bits per heavy atom. The Balaban J connectivity index is 2.44. The number of aryl methyl sites for hydroxylation is 1. The summed E-state index contributed by atoms with van der Waals surface area (Å²) in [5, 5.41) is 4.08. The third kappa shape index (κ3) is 2.46. The fourth-order valence-electron chi connectivity index (χ4n) is 2.03. The van der Waals surface area contributed by atoms with Crippen LogP contribution >= 0.6 is 11.3 Å². The Bertz CT molecular complexity index is 571. The van der Waals surface area contributed by atoms with E-state index in [0.717, 1.165) is 17.7 Å². The number of nitrogens with one attached hydrogen (secondary N) is 1. The number of amides is 1. The molecule has 0 spiro atoms. The normalized spacial score (nSPS) is 10.5. The van der Waals surface area contributed by atoms with Crippen LogP contribution in [-0.4, -0.2) is 12.5 Å². The first kappa shape index (κ1) is 12.8. The van der Waals surface area contributed by atoms with E-state index in [2.05, 4.69) is 31.0 Å². The molecule has 0 saturated carbocycles. The van der Waals surface area contributed by atoms with Crippen molar-refractivity contribution in [3.63, 3.8) is 0 Å². The van der Waals surface area contributed by atoms with Crippen molar-refractivity contribution in [2.45, 2.75) is 19.8 Å². The van der Waals surface area contributed by atoms with Crippen LogP contribution in [0.1, 0.15) is 28.6 Å². The van der Waals surface area contributed by atoms with Crippen molar-refractivity contribution in [2.24, 2.45) is 0 Å². The molecule has 1 amide bonds. The van der Waals surface area contributed by atoms with Gasteiger partial charge in [0.05, 0.1) is 4.88 Å². The van der Waals surface area contributed by atoms with E-state index in [4.69, 9.17) is 0 Å². The molecule has 1 N–H and O–H groups in total. The Labute approximate surface area is 111 Å². The van der Waals surface area contributed by atoms with Crippen LogP contribution in [0, 0.1) is 0 Å². The van der Waals surface area contributed by atoms with E-state index >= 15 is 0 Å². The second-order valence-corrected chi connectivity index (χ2v) is 5.21. The quantitative estimate of drug-likeness (QED) is 0.814. The van der Waals surface area contributed by atoms with Gasteiger partial charge in [-0.15, -0.1) is 17.9 Å². The van der Waals surface area contributed by atoms with Crippen LogP contribution in [0.3, 0.4) is 0 Å². The highest BCUT2D eigenvalue weighted by Crippen LogP contribution is 2.32. The average molecular weight is 259 g/mol. The van der Waals surface area contributed by atoms with E-state index in [1.54, 1.807) is 17.4 Å². The predicted octanol–water partition coefficient (Wildman–Crippen LogP) is 3.77. The number of carbonyl (C=O) groups is 1. The molecule has 1 aromatic carbocycles. The number of benzene rings is 1. The zero-order valence-electron chi connectivity index (χ0n) is 10.5. The number of rotatable bonds is 5. The van der Waals surface area contributed by atoms with E-state index < -0.39 is 0 Å². The van der Waals surface area contributed by atoms with Crippen molar-refractivity contribution >= 4 is 27.3 Å². The minimum absolute atomic E-state index is 0.0135. The smallest absolute Gasteiger partial charge is 0.261 e. The molecular weight excluding hydrogens is 242 g/mol. The van der Waals surface area contributed by atoms with Gasteiger partial charge in [-0.05, 0) is 23.4 Å². The van der Waals surface area contributed by atoms with E-state index in [-0.39, 0.29) is 5.91 Å². The lowest BCUT2D eigenvalue weighted by Crippen LogP contribution is -2.23. The molecule has 94 valence electrons. The summed E-state index contributed by atoms with van der Waals surface area (Å²) in [6.45, 7) is 6.27. The molecule has 0 unspecified atom stereocenters. The molecule has 18 heavy (non-hydrogen) atoms. The number of carbonyl (C=O) groups excluding carboxylic acids is 1. The Morgan fingerprint density at radius 1 is 1.44 bits per heavy atom. The van der Waals surface area contributed by atoms with Crippen molar-refractivity contribution in [1.82, 2.24) is 5.32 Å². The van der Waals surface area contributed by atoms with Crippen LogP contribution in [0.5, 0.6) is 0 Å². The minimum atomic E-state index is 0.0135. The topological polar surface area (TPSA) is 29.1 Å². The van der Waals surface area contributed by atoms with Gasteiger partial charge in [-0.3, -0.25) is 4.79 Å². The first-order valence-electron chi connectivity index (χ1n) is 6.17. The van der Waals surface area contributed by atoms with Gasteiger partial charge in [0.25, 0.3) is 5.91 Å². The van der Waals surface area contributed by atoms with Crippen LogP contribution in [0.2, 0.25) is 0 Å². The lowest BCUT2D eigenvalue weighted by Gasteiger charge is -2.03. The third-order valence-corrected chi connectivity index (χ3v) is 4.02. The standard InChI is InChI=1S/C15H17NOS/c1-3-7-12-11-8-5-6-9-13(11)18-14(12)15(17)16-10-4-2/h4-6,8-9H,2-3,7,10H2,1H3,(H,16,17). The third-order valence-electron chi connectivity index (χ3n) is 2.81. The number of fused-ring (bicyclic) bond motifs is 1. The summed E-state index contributed by atoms with van der Waals surface area (Å²) in [7, 11) is 0. The Morgan fingerprint density at radius 2 is 2.22 bits per heavy atom. The van der Waals surface area contributed by atoms with Gasteiger partial charge in [0.2, 0.25) is 0 Å². The van der Waals surface area contributed by atoms with Crippen molar-refractivity contribution in [3.8, 4) is 0 Å². The molecule has 0 saturated heterocycles. The molecular formula is C15H17NOS. The number of hydrogen-bond acceptors (Lipinski definition) is 2. The highest BCUT2D eigenvalue weighted by Gasteiger charge is 2.16. The summed E-state index contributed by atoms with van der Waals surface area (Å²) in [6.07, 6.45) is 3.69. The van der Waals surface area contributed by atoms with Gasteiger partial charge in [0.15, 0.2) is 0 Å². The zero-order valence-corrected chi connectivity index (χ0v) is 11.3. The number of thiophene rings is 1. The van der Waals surface area contributed by atoms with Crippen LogP contribution in [0.4, 0.5) is 0 Å². The maximum Gasteiger partial charge on any atom is 0.261 e. The van der Waals surface area contributed by atoms with Crippen LogP contribution in [0.15, 0.2) is 36.9 Å². The summed E-state index contributed by atoms with van der Waals surface area (Å²) in [5.41, 5.74) is 1.18. The van der Waals surface area contributed by atoms with Gasteiger partial charge in [-0.2, -0.15) is 0 Å². The summed E-state index contributed by atoms with van der Waals surface area (Å²) in [6, 6.07) is 8.21. The molecule has 2 nitrogen and oxygen atoms in total. The Hall–Kier alpha value is -1.61. The highest BCUT2D eigenvalue weighted by atomic mass is 32.1. The molecule has 0 atom stereocenters. The average Bonchev–Trinajstić information content (AvgIpc) is 2.76. The molecule has 0 radical (unpaired) electrons. The van der Waals surface area contributed by atoms with Gasteiger partial charge in [-0.1, -0.05) is 37.6 Å². The largest absolute Gasteiger partial charge is 0.348 e. The second kappa shape index (κ2) is 5.83.